The molecule has 0 radical (unpaired) electrons. The normalized spacial score (nSPS) is 22.5. The molecule has 3 aliphatic rings. The van der Waals surface area contributed by atoms with Crippen LogP contribution in [0.2, 0.25) is 0 Å². The van der Waals surface area contributed by atoms with E-state index in [9.17, 15) is 9.59 Å². The minimum atomic E-state index is -0.231. The van der Waals surface area contributed by atoms with Gasteiger partial charge in [0.05, 0.1) is 6.10 Å². The maximum atomic E-state index is 13.0. The number of ether oxygens (including phenoxy) is 2. The van der Waals surface area contributed by atoms with E-state index in [0.29, 0.717) is 24.0 Å². The minimum absolute atomic E-state index is 0.00560. The van der Waals surface area contributed by atoms with Crippen LogP contribution in [0, 0.1) is 5.92 Å². The van der Waals surface area contributed by atoms with Crippen molar-refractivity contribution < 1.29 is 19.1 Å². The molecule has 1 aliphatic carbocycles. The molecule has 2 amide bonds. The number of pyridine rings is 1. The summed E-state index contributed by atoms with van der Waals surface area (Å²) < 4.78 is 11.1. The third-order valence-corrected chi connectivity index (χ3v) is 5.46. The Balaban J connectivity index is 1.47. The SMILES string of the molecule is O=C(CN1C(=O)COc2cccnc21)N(CC1CCC1)C[C@@H]1CCCO1. The van der Waals surface area contributed by atoms with E-state index in [1.54, 1.807) is 18.3 Å². The zero-order valence-corrected chi connectivity index (χ0v) is 14.9. The van der Waals surface area contributed by atoms with Crippen molar-refractivity contribution in [3.05, 3.63) is 18.3 Å². The molecule has 0 N–H and O–H groups in total. The van der Waals surface area contributed by atoms with Gasteiger partial charge in [-0.05, 0) is 43.7 Å². The zero-order chi connectivity index (χ0) is 17.9. The highest BCUT2D eigenvalue weighted by atomic mass is 16.5. The Kier molecular flexibility index (Phi) is 5.06. The summed E-state index contributed by atoms with van der Waals surface area (Å²) in [6.45, 7) is 2.09. The lowest BCUT2D eigenvalue weighted by molar-refractivity contribution is -0.134. The van der Waals surface area contributed by atoms with Gasteiger partial charge in [-0.3, -0.25) is 14.5 Å². The van der Waals surface area contributed by atoms with Gasteiger partial charge in [0.15, 0.2) is 18.2 Å². The molecule has 7 nitrogen and oxygen atoms in total. The maximum Gasteiger partial charge on any atom is 0.266 e. The summed E-state index contributed by atoms with van der Waals surface area (Å²) in [6.07, 6.45) is 7.37. The quantitative estimate of drug-likeness (QED) is 0.772. The van der Waals surface area contributed by atoms with E-state index >= 15 is 0 Å². The molecule has 1 saturated carbocycles. The van der Waals surface area contributed by atoms with Crippen molar-refractivity contribution in [2.45, 2.75) is 38.2 Å². The smallest absolute Gasteiger partial charge is 0.266 e. The number of carbonyl (C=O) groups is 2. The first-order valence-electron chi connectivity index (χ1n) is 9.48. The van der Waals surface area contributed by atoms with Gasteiger partial charge in [0.2, 0.25) is 5.91 Å². The van der Waals surface area contributed by atoms with Crippen molar-refractivity contribution >= 4 is 17.6 Å². The van der Waals surface area contributed by atoms with E-state index in [2.05, 4.69) is 4.98 Å². The fourth-order valence-electron chi connectivity index (χ4n) is 3.73. The number of hydrogen-bond acceptors (Lipinski definition) is 5. The Morgan fingerprint density at radius 2 is 2.15 bits per heavy atom. The lowest BCUT2D eigenvalue weighted by atomic mass is 9.85. The van der Waals surface area contributed by atoms with Crippen LogP contribution in [0.3, 0.4) is 0 Å². The summed E-state index contributed by atoms with van der Waals surface area (Å²) in [7, 11) is 0. The lowest BCUT2D eigenvalue weighted by Crippen LogP contribution is -2.49. The molecule has 2 fully saturated rings. The Labute approximate surface area is 153 Å². The van der Waals surface area contributed by atoms with E-state index in [1.165, 1.54) is 24.2 Å². The largest absolute Gasteiger partial charge is 0.480 e. The molecule has 7 heteroatoms. The zero-order valence-electron chi connectivity index (χ0n) is 14.9. The van der Waals surface area contributed by atoms with Gasteiger partial charge < -0.3 is 14.4 Å². The predicted octanol–water partition coefficient (Wildman–Crippen LogP) is 1.61. The molecule has 3 heterocycles. The van der Waals surface area contributed by atoms with Crippen molar-refractivity contribution in [1.29, 1.82) is 0 Å². The number of fused-ring (bicyclic) bond motifs is 1. The van der Waals surface area contributed by atoms with E-state index in [0.717, 1.165) is 26.0 Å². The third-order valence-electron chi connectivity index (χ3n) is 5.46. The maximum absolute atomic E-state index is 13.0. The predicted molar refractivity (Wildman–Crippen MR) is 95.0 cm³/mol. The van der Waals surface area contributed by atoms with Crippen LogP contribution >= 0.6 is 0 Å². The van der Waals surface area contributed by atoms with Gasteiger partial charge in [-0.15, -0.1) is 0 Å². The Hall–Kier alpha value is -2.15. The standard InChI is InChI=1S/C19H25N3O4/c23-17(12-22-18(24)13-26-16-7-2-8-20-19(16)22)21(10-14-4-1-5-14)11-15-6-3-9-25-15/h2,7-8,14-15H,1,3-6,9-13H2/t15-/m0/s1. The molecule has 26 heavy (non-hydrogen) atoms. The van der Waals surface area contributed by atoms with Crippen LogP contribution in [0.15, 0.2) is 18.3 Å². The Morgan fingerprint density at radius 1 is 1.27 bits per heavy atom. The van der Waals surface area contributed by atoms with Crippen LogP contribution in [-0.2, 0) is 14.3 Å². The molecule has 0 aromatic carbocycles. The first kappa shape index (κ1) is 17.3. The Bertz CT molecular complexity index is 671. The summed E-state index contributed by atoms with van der Waals surface area (Å²) in [4.78, 5) is 32.9. The van der Waals surface area contributed by atoms with Crippen LogP contribution in [0.4, 0.5) is 5.82 Å². The van der Waals surface area contributed by atoms with Crippen molar-refractivity contribution in [1.82, 2.24) is 9.88 Å². The molecule has 2 aliphatic heterocycles. The molecular formula is C19H25N3O4. The van der Waals surface area contributed by atoms with Crippen molar-refractivity contribution in [3.8, 4) is 5.75 Å². The molecule has 1 aromatic rings. The van der Waals surface area contributed by atoms with E-state index < -0.39 is 0 Å². The molecule has 4 rings (SSSR count). The van der Waals surface area contributed by atoms with Gasteiger partial charge in [0.1, 0.15) is 6.54 Å². The second-order valence-electron chi connectivity index (χ2n) is 7.32. The van der Waals surface area contributed by atoms with Gasteiger partial charge >= 0.3 is 0 Å². The van der Waals surface area contributed by atoms with Gasteiger partial charge in [-0.25, -0.2) is 4.98 Å². The molecule has 1 saturated heterocycles. The number of rotatable bonds is 6. The highest BCUT2D eigenvalue weighted by Gasteiger charge is 2.32. The third kappa shape index (κ3) is 3.67. The lowest BCUT2D eigenvalue weighted by Gasteiger charge is -2.35. The topological polar surface area (TPSA) is 72.0 Å². The molecule has 0 bridgehead atoms. The average Bonchev–Trinajstić information content (AvgIpc) is 3.12. The highest BCUT2D eigenvalue weighted by molar-refractivity contribution is 6.01. The van der Waals surface area contributed by atoms with Crippen molar-refractivity contribution in [2.24, 2.45) is 5.92 Å². The van der Waals surface area contributed by atoms with E-state index in [1.807, 2.05) is 4.90 Å². The van der Waals surface area contributed by atoms with E-state index in [4.69, 9.17) is 9.47 Å². The minimum Gasteiger partial charge on any atom is -0.480 e. The number of nitrogens with zero attached hydrogens (tertiary/aromatic N) is 3. The second-order valence-corrected chi connectivity index (χ2v) is 7.32. The summed E-state index contributed by atoms with van der Waals surface area (Å²) in [5, 5.41) is 0. The fraction of sp³-hybridized carbons (Fsp3) is 0.632. The van der Waals surface area contributed by atoms with Crippen molar-refractivity contribution in [3.63, 3.8) is 0 Å². The average molecular weight is 359 g/mol. The molecule has 0 spiro atoms. The molecule has 140 valence electrons. The van der Waals surface area contributed by atoms with Crippen LogP contribution < -0.4 is 9.64 Å². The monoisotopic (exact) mass is 359 g/mol. The highest BCUT2D eigenvalue weighted by Crippen LogP contribution is 2.30. The number of carbonyl (C=O) groups excluding carboxylic acids is 2. The number of amides is 2. The Morgan fingerprint density at radius 3 is 2.88 bits per heavy atom. The van der Waals surface area contributed by atoms with Gasteiger partial charge in [-0.1, -0.05) is 6.42 Å². The summed E-state index contributed by atoms with van der Waals surface area (Å²) in [5.41, 5.74) is 0. The molecule has 0 unspecified atom stereocenters. The van der Waals surface area contributed by atoms with E-state index in [-0.39, 0.29) is 31.1 Å². The summed E-state index contributed by atoms with van der Waals surface area (Å²) >= 11 is 0. The van der Waals surface area contributed by atoms with Crippen LogP contribution in [0.1, 0.15) is 32.1 Å². The fourth-order valence-corrected chi connectivity index (χ4v) is 3.73. The van der Waals surface area contributed by atoms with Gasteiger partial charge in [0, 0.05) is 25.9 Å². The number of aromatic nitrogens is 1. The summed E-state index contributed by atoms with van der Waals surface area (Å²) in [6, 6.07) is 3.53. The first-order chi connectivity index (χ1) is 12.7. The van der Waals surface area contributed by atoms with Gasteiger partial charge in [0.25, 0.3) is 5.91 Å². The molecule has 1 aromatic heterocycles. The molecule has 1 atom stereocenters. The van der Waals surface area contributed by atoms with Gasteiger partial charge in [-0.2, -0.15) is 0 Å². The van der Waals surface area contributed by atoms with Crippen molar-refractivity contribution in [2.75, 3.05) is 37.7 Å². The van der Waals surface area contributed by atoms with Crippen LogP contribution in [0.25, 0.3) is 0 Å². The second kappa shape index (κ2) is 7.61. The first-order valence-corrected chi connectivity index (χ1v) is 9.48. The van der Waals surface area contributed by atoms with Crippen LogP contribution in [-0.4, -0.2) is 60.7 Å². The number of anilines is 1. The summed E-state index contributed by atoms with van der Waals surface area (Å²) in [5.74, 6) is 1.28. The number of hydrogen-bond donors (Lipinski definition) is 0. The molecular weight excluding hydrogens is 334 g/mol. The van der Waals surface area contributed by atoms with Crippen LogP contribution in [0.5, 0.6) is 5.75 Å².